The van der Waals surface area contributed by atoms with Gasteiger partial charge in [0.05, 0.1) is 0 Å². The molecule has 0 N–H and O–H groups in total. The number of terminal acetylenes is 8. The van der Waals surface area contributed by atoms with Crippen LogP contribution in [0, 0.1) is 97.9 Å². The molecule has 19 heavy (non-hydrogen) atoms. The van der Waals surface area contributed by atoms with Gasteiger partial charge in [-0.05, 0) is 0 Å². The smallest absolute Gasteiger partial charge is 0.274 e. The van der Waals surface area contributed by atoms with Crippen LogP contribution in [0.15, 0.2) is 0 Å². The summed E-state index contributed by atoms with van der Waals surface area (Å²) in [6.45, 7) is 0. The molecule has 0 nitrogen and oxygen atoms in total. The zero-order valence-corrected chi connectivity index (χ0v) is 11.1. The fourth-order valence-electron chi connectivity index (χ4n) is 0.577. The summed E-state index contributed by atoms with van der Waals surface area (Å²) >= 11 is 0. The molecule has 0 aromatic heterocycles. The van der Waals surface area contributed by atoms with Crippen molar-refractivity contribution < 1.29 is 16.5 Å². The van der Waals surface area contributed by atoms with Crippen LogP contribution < -0.4 is 0 Å². The van der Waals surface area contributed by atoms with E-state index in [1.807, 2.05) is 0 Å². The van der Waals surface area contributed by atoms with E-state index < -0.39 is 12.3 Å². The van der Waals surface area contributed by atoms with Gasteiger partial charge >= 0.3 is 16.5 Å². The molecule has 0 atom stereocenters. The van der Waals surface area contributed by atoms with E-state index >= 15 is 0 Å². The Labute approximate surface area is 127 Å². The van der Waals surface area contributed by atoms with Crippen molar-refractivity contribution in [3.05, 3.63) is 0 Å². The third-order valence-electron chi connectivity index (χ3n) is 2.00. The van der Waals surface area contributed by atoms with Crippen molar-refractivity contribution in [3.8, 4) is 97.9 Å². The first-order valence-electron chi connectivity index (χ1n) is 4.62. The molecule has 0 saturated carbocycles. The third kappa shape index (κ3) is 5.82. The summed E-state index contributed by atoms with van der Waals surface area (Å²) in [4.78, 5) is 0. The van der Waals surface area contributed by atoms with Gasteiger partial charge in [0, 0.05) is 0 Å². The van der Waals surface area contributed by atoms with Crippen LogP contribution in [-0.4, -0.2) is 12.3 Å². The summed E-state index contributed by atoms with van der Waals surface area (Å²) in [5, 5.41) is 0. The minimum atomic E-state index is -1.83. The van der Waals surface area contributed by atoms with Gasteiger partial charge in [-0.15, -0.1) is 0 Å². The predicted octanol–water partition coefficient (Wildman–Crippen LogP) is 0.247. The Hall–Kier alpha value is -2.90. The first-order valence-corrected chi connectivity index (χ1v) is 4.62. The maximum atomic E-state index is 4.99. The summed E-state index contributed by atoms with van der Waals surface area (Å²) in [5.74, 6) is 17.8. The van der Waals surface area contributed by atoms with Crippen molar-refractivity contribution in [3.63, 3.8) is 0 Å². The summed E-state index contributed by atoms with van der Waals surface area (Å²) in [7, 11) is 0. The fourth-order valence-corrected chi connectivity index (χ4v) is 0.577. The molecule has 0 spiro atoms. The van der Waals surface area contributed by atoms with Gasteiger partial charge in [0.1, 0.15) is 0 Å². The van der Waals surface area contributed by atoms with Crippen LogP contribution >= 0.6 is 0 Å². The maximum Gasteiger partial charge on any atom is 2.00 e. The molecule has 0 aromatic rings. The average molecular weight is 281 g/mol. The predicted molar refractivity (Wildman–Crippen MR) is 82.2 cm³/mol. The molecule has 0 bridgehead atoms. The number of rotatable bonds is 0. The molecule has 0 aromatic carbocycles. The van der Waals surface area contributed by atoms with Crippen LogP contribution in [0.1, 0.15) is 0 Å². The number of hydrogen-bond acceptors (Lipinski definition) is 0. The third-order valence-corrected chi connectivity index (χ3v) is 2.00. The zero-order chi connectivity index (χ0) is 14.7. The molecular weight excluding hydrogens is 272 g/mol. The van der Waals surface area contributed by atoms with E-state index in [1.165, 1.54) is 0 Å². The van der Waals surface area contributed by atoms with Gasteiger partial charge in [-0.3, -0.25) is 46.6 Å². The fraction of sp³-hybridized carbons (Fsp3) is 0. The Bertz CT molecular complexity index is 460. The summed E-state index contributed by atoms with van der Waals surface area (Å²) in [6.07, 6.45) is 36.2. The van der Waals surface area contributed by atoms with E-state index in [-0.39, 0.29) is 16.5 Å². The molecule has 0 amide bonds. The van der Waals surface area contributed by atoms with Crippen molar-refractivity contribution >= 4 is 12.3 Å². The molecule has 88 valence electrons. The van der Waals surface area contributed by atoms with Crippen molar-refractivity contribution in [2.75, 3.05) is 0 Å². The Balaban J connectivity index is -0.000000256. The Morgan fingerprint density at radius 1 is 0.368 bits per heavy atom. The van der Waals surface area contributed by atoms with Crippen LogP contribution in [0.3, 0.4) is 0 Å². The van der Waals surface area contributed by atoms with E-state index in [0.717, 1.165) is 0 Å². The molecule has 0 unspecified atom stereocenters. The van der Waals surface area contributed by atoms with Crippen molar-refractivity contribution in [1.82, 2.24) is 0 Å². The molecule has 0 aliphatic carbocycles. The van der Waals surface area contributed by atoms with Gasteiger partial charge in [-0.1, -0.05) is 0 Å². The second kappa shape index (κ2) is 10.3. The van der Waals surface area contributed by atoms with Gasteiger partial charge in [-0.2, -0.15) is 51.4 Å². The molecule has 3 heteroatoms. The summed E-state index contributed by atoms with van der Waals surface area (Å²) in [5.41, 5.74) is 0. The standard InChI is InChI=1S/2C8H4B.Ni/c2*1-5-9(6-2,7-3)8-4;/h2*1-4H;/q2*-1;+2. The van der Waals surface area contributed by atoms with Crippen LogP contribution in [0.2, 0.25) is 0 Å². The van der Waals surface area contributed by atoms with Crippen LogP contribution in [0.4, 0.5) is 0 Å². The van der Waals surface area contributed by atoms with Crippen molar-refractivity contribution in [2.24, 2.45) is 0 Å². The first kappa shape index (κ1) is 21.4. The largest absolute Gasteiger partial charge is 2.00 e. The molecule has 0 heterocycles. The maximum absolute atomic E-state index is 4.99. The van der Waals surface area contributed by atoms with Crippen LogP contribution in [0.25, 0.3) is 0 Å². The van der Waals surface area contributed by atoms with Gasteiger partial charge in [0.15, 0.2) is 0 Å². The SMILES string of the molecule is C#C[B-](C#C)(C#C)C#C.C#C[B-](C#C)(C#C)C#C.[Ni+2]. The van der Waals surface area contributed by atoms with E-state index in [0.29, 0.717) is 0 Å². The van der Waals surface area contributed by atoms with Gasteiger partial charge in [0.25, 0.3) is 12.3 Å². The van der Waals surface area contributed by atoms with E-state index in [9.17, 15) is 0 Å². The van der Waals surface area contributed by atoms with E-state index in [4.69, 9.17) is 51.4 Å². The van der Waals surface area contributed by atoms with Crippen molar-refractivity contribution in [1.29, 1.82) is 0 Å². The average Bonchev–Trinajstić information content (AvgIpc) is 2.46. The van der Waals surface area contributed by atoms with Crippen molar-refractivity contribution in [2.45, 2.75) is 0 Å². The van der Waals surface area contributed by atoms with E-state index in [2.05, 4.69) is 46.6 Å². The van der Waals surface area contributed by atoms with Crippen LogP contribution in [-0.2, 0) is 16.5 Å². The van der Waals surface area contributed by atoms with Gasteiger partial charge in [0.2, 0.25) is 0 Å². The van der Waals surface area contributed by atoms with Gasteiger partial charge in [-0.25, -0.2) is 0 Å². The second-order valence-electron chi connectivity index (χ2n) is 3.07. The molecule has 0 radical (unpaired) electrons. The minimum Gasteiger partial charge on any atom is -0.274 e. The monoisotopic (exact) mass is 280 g/mol. The quantitative estimate of drug-likeness (QED) is 0.441. The Morgan fingerprint density at radius 2 is 0.474 bits per heavy atom. The summed E-state index contributed by atoms with van der Waals surface area (Å²) in [6, 6.07) is 0. The zero-order valence-electron chi connectivity index (χ0n) is 10.1. The first-order chi connectivity index (χ1) is 8.49. The second-order valence-corrected chi connectivity index (χ2v) is 3.07. The molecule has 0 aliphatic heterocycles. The number of hydrogen-bond donors (Lipinski definition) is 0. The normalized spacial score (nSPS) is 7.16. The Kier molecular flexibility index (Phi) is 11.6. The molecule has 0 rings (SSSR count). The van der Waals surface area contributed by atoms with Crippen LogP contribution in [0.5, 0.6) is 0 Å². The minimum absolute atomic E-state index is 0. The topological polar surface area (TPSA) is 0 Å². The summed E-state index contributed by atoms with van der Waals surface area (Å²) < 4.78 is 0. The van der Waals surface area contributed by atoms with Gasteiger partial charge < -0.3 is 0 Å². The Morgan fingerprint density at radius 3 is 0.474 bits per heavy atom. The molecule has 0 saturated heterocycles. The molecule has 0 fully saturated rings. The molecule has 0 aliphatic rings. The van der Waals surface area contributed by atoms with E-state index in [1.54, 1.807) is 0 Å². The molecular formula is C16H8B2Ni.